The van der Waals surface area contributed by atoms with E-state index in [1.807, 2.05) is 35.0 Å². The summed E-state index contributed by atoms with van der Waals surface area (Å²) in [5.41, 5.74) is 1.60. The highest BCUT2D eigenvalue weighted by atomic mass is 16.5. The molecule has 1 amide bonds. The molecule has 6 nitrogen and oxygen atoms in total. The van der Waals surface area contributed by atoms with Crippen molar-refractivity contribution in [2.24, 2.45) is 0 Å². The molecule has 23 heavy (non-hydrogen) atoms. The summed E-state index contributed by atoms with van der Waals surface area (Å²) in [4.78, 5) is 14.8. The van der Waals surface area contributed by atoms with E-state index in [9.17, 15) is 4.79 Å². The molecule has 2 aromatic heterocycles. The van der Waals surface area contributed by atoms with Crippen molar-refractivity contribution < 1.29 is 9.32 Å². The molecule has 122 valence electrons. The maximum absolute atomic E-state index is 12.8. The van der Waals surface area contributed by atoms with Gasteiger partial charge in [0.15, 0.2) is 5.69 Å². The van der Waals surface area contributed by atoms with Crippen LogP contribution in [-0.4, -0.2) is 38.3 Å². The molecule has 6 heteroatoms. The van der Waals surface area contributed by atoms with Gasteiger partial charge in [0.1, 0.15) is 5.76 Å². The van der Waals surface area contributed by atoms with E-state index in [0.29, 0.717) is 11.6 Å². The number of rotatable bonds is 4. The lowest BCUT2D eigenvalue weighted by Gasteiger charge is -2.35. The molecule has 4 rings (SSSR count). The molecule has 1 aliphatic carbocycles. The van der Waals surface area contributed by atoms with E-state index in [1.165, 1.54) is 0 Å². The first-order valence-electron chi connectivity index (χ1n) is 8.47. The largest absolute Gasteiger partial charge is 0.360 e. The summed E-state index contributed by atoms with van der Waals surface area (Å²) in [5.74, 6) is 1.34. The number of carbonyl (C=O) groups excluding carboxylic acids is 1. The van der Waals surface area contributed by atoms with Crippen molar-refractivity contribution in [2.75, 3.05) is 6.54 Å². The molecule has 3 heterocycles. The number of piperidine rings is 1. The number of amides is 1. The number of aromatic nitrogens is 3. The third-order valence-electron chi connectivity index (χ3n) is 4.78. The predicted molar refractivity (Wildman–Crippen MR) is 84.1 cm³/mol. The molecule has 0 N–H and O–H groups in total. The van der Waals surface area contributed by atoms with Gasteiger partial charge in [0.05, 0.1) is 18.8 Å². The Labute approximate surface area is 135 Å². The van der Waals surface area contributed by atoms with Crippen molar-refractivity contribution in [3.63, 3.8) is 0 Å². The standard InChI is InChI=1S/C17H22N4O2/c1-12-9-18-20(10-12)11-14-4-2-3-7-21(14)17(22)15-8-16(23-19-15)13-5-6-13/h8-10,13-14H,2-7,11H2,1H3. The normalized spacial score (nSPS) is 21.6. The van der Waals surface area contributed by atoms with E-state index in [0.717, 1.165) is 56.5 Å². The summed E-state index contributed by atoms with van der Waals surface area (Å²) in [5, 5.41) is 8.37. The molecular formula is C17H22N4O2. The number of carbonyl (C=O) groups is 1. The fourth-order valence-corrected chi connectivity index (χ4v) is 3.34. The number of nitrogens with zero attached hydrogens (tertiary/aromatic N) is 4. The van der Waals surface area contributed by atoms with E-state index in [2.05, 4.69) is 10.3 Å². The van der Waals surface area contributed by atoms with Gasteiger partial charge in [-0.3, -0.25) is 9.48 Å². The molecule has 2 fully saturated rings. The quantitative estimate of drug-likeness (QED) is 0.870. The smallest absolute Gasteiger partial charge is 0.276 e. The van der Waals surface area contributed by atoms with Gasteiger partial charge in [0.2, 0.25) is 0 Å². The Balaban J connectivity index is 1.50. The Hall–Kier alpha value is -2.11. The summed E-state index contributed by atoms with van der Waals surface area (Å²) in [6.45, 7) is 3.56. The lowest BCUT2D eigenvalue weighted by molar-refractivity contribution is 0.0573. The van der Waals surface area contributed by atoms with Crippen molar-refractivity contribution in [2.45, 2.75) is 57.5 Å². The van der Waals surface area contributed by atoms with Gasteiger partial charge in [0, 0.05) is 24.7 Å². The predicted octanol–water partition coefficient (Wildman–Crippen LogP) is 2.75. The van der Waals surface area contributed by atoms with Crippen LogP contribution < -0.4 is 0 Å². The topological polar surface area (TPSA) is 64.2 Å². The molecule has 1 aliphatic heterocycles. The van der Waals surface area contributed by atoms with Gasteiger partial charge in [-0.1, -0.05) is 5.16 Å². The minimum absolute atomic E-state index is 0.00534. The molecule has 2 aromatic rings. The first-order valence-corrected chi connectivity index (χ1v) is 8.47. The Morgan fingerprint density at radius 2 is 2.22 bits per heavy atom. The third kappa shape index (κ3) is 3.02. The Morgan fingerprint density at radius 1 is 1.35 bits per heavy atom. The molecule has 1 saturated carbocycles. The molecule has 1 atom stereocenters. The summed E-state index contributed by atoms with van der Waals surface area (Å²) in [7, 11) is 0. The molecule has 0 bridgehead atoms. The fraction of sp³-hybridized carbons (Fsp3) is 0.588. The van der Waals surface area contributed by atoms with Crippen molar-refractivity contribution >= 4 is 5.91 Å². The zero-order chi connectivity index (χ0) is 15.8. The number of hydrogen-bond donors (Lipinski definition) is 0. The second kappa shape index (κ2) is 5.83. The summed E-state index contributed by atoms with van der Waals surface area (Å²) in [6.07, 6.45) is 9.39. The molecule has 2 aliphatic rings. The van der Waals surface area contributed by atoms with Crippen LogP contribution in [0.1, 0.15) is 59.8 Å². The van der Waals surface area contributed by atoms with Crippen LogP contribution in [0.15, 0.2) is 23.0 Å². The van der Waals surface area contributed by atoms with Crippen molar-refractivity contribution in [3.8, 4) is 0 Å². The lowest BCUT2D eigenvalue weighted by atomic mass is 10.0. The second-order valence-corrected chi connectivity index (χ2v) is 6.78. The van der Waals surface area contributed by atoms with Crippen LogP contribution in [0.4, 0.5) is 0 Å². The first kappa shape index (κ1) is 14.5. The van der Waals surface area contributed by atoms with Gasteiger partial charge in [-0.2, -0.15) is 5.10 Å². The average molecular weight is 314 g/mol. The summed E-state index contributed by atoms with van der Waals surface area (Å²) >= 11 is 0. The summed E-state index contributed by atoms with van der Waals surface area (Å²) in [6, 6.07) is 2.01. The number of likely N-dealkylation sites (tertiary alicyclic amines) is 1. The average Bonchev–Trinajstić information content (AvgIpc) is 3.15. The minimum atomic E-state index is -0.00534. The molecule has 0 spiro atoms. The SMILES string of the molecule is Cc1cnn(CC2CCCCN2C(=O)c2cc(C3CC3)on2)c1. The van der Waals surface area contributed by atoms with E-state index >= 15 is 0 Å². The van der Waals surface area contributed by atoms with Crippen LogP contribution in [0, 0.1) is 6.92 Å². The second-order valence-electron chi connectivity index (χ2n) is 6.78. The third-order valence-corrected chi connectivity index (χ3v) is 4.78. The Morgan fingerprint density at radius 3 is 2.96 bits per heavy atom. The van der Waals surface area contributed by atoms with E-state index in [4.69, 9.17) is 4.52 Å². The number of hydrogen-bond acceptors (Lipinski definition) is 4. The maximum Gasteiger partial charge on any atom is 0.276 e. The zero-order valence-electron chi connectivity index (χ0n) is 13.4. The van der Waals surface area contributed by atoms with Crippen LogP contribution in [-0.2, 0) is 6.54 Å². The molecule has 1 unspecified atom stereocenters. The Bertz CT molecular complexity index is 701. The highest BCUT2D eigenvalue weighted by Gasteiger charge is 2.32. The molecule has 0 aromatic carbocycles. The van der Waals surface area contributed by atoms with Crippen LogP contribution in [0.2, 0.25) is 0 Å². The van der Waals surface area contributed by atoms with Crippen molar-refractivity contribution in [3.05, 3.63) is 35.5 Å². The van der Waals surface area contributed by atoms with Crippen LogP contribution in [0.3, 0.4) is 0 Å². The van der Waals surface area contributed by atoms with Crippen LogP contribution >= 0.6 is 0 Å². The summed E-state index contributed by atoms with van der Waals surface area (Å²) < 4.78 is 7.28. The van der Waals surface area contributed by atoms with E-state index in [1.54, 1.807) is 0 Å². The van der Waals surface area contributed by atoms with Gasteiger partial charge >= 0.3 is 0 Å². The van der Waals surface area contributed by atoms with Gasteiger partial charge in [-0.15, -0.1) is 0 Å². The minimum Gasteiger partial charge on any atom is -0.360 e. The fourth-order valence-electron chi connectivity index (χ4n) is 3.34. The maximum atomic E-state index is 12.8. The lowest BCUT2D eigenvalue weighted by Crippen LogP contribution is -2.46. The van der Waals surface area contributed by atoms with Gasteiger partial charge < -0.3 is 9.42 Å². The van der Waals surface area contributed by atoms with Crippen molar-refractivity contribution in [1.82, 2.24) is 19.8 Å². The molecule has 1 saturated heterocycles. The monoisotopic (exact) mass is 314 g/mol. The number of aryl methyl sites for hydroxylation is 1. The van der Waals surface area contributed by atoms with E-state index in [-0.39, 0.29) is 11.9 Å². The van der Waals surface area contributed by atoms with Crippen LogP contribution in [0.5, 0.6) is 0 Å². The highest BCUT2D eigenvalue weighted by molar-refractivity contribution is 5.92. The molecular weight excluding hydrogens is 292 g/mol. The molecule has 0 radical (unpaired) electrons. The zero-order valence-corrected chi connectivity index (χ0v) is 13.4. The first-order chi connectivity index (χ1) is 11.2. The van der Waals surface area contributed by atoms with Crippen molar-refractivity contribution in [1.29, 1.82) is 0 Å². The van der Waals surface area contributed by atoms with Gasteiger partial charge in [-0.05, 0) is 44.6 Å². The van der Waals surface area contributed by atoms with Gasteiger partial charge in [0.25, 0.3) is 5.91 Å². The Kier molecular flexibility index (Phi) is 3.67. The van der Waals surface area contributed by atoms with E-state index < -0.39 is 0 Å². The van der Waals surface area contributed by atoms with Gasteiger partial charge in [-0.25, -0.2) is 0 Å². The van der Waals surface area contributed by atoms with Crippen LogP contribution in [0.25, 0.3) is 0 Å². The highest BCUT2D eigenvalue weighted by Crippen LogP contribution is 2.40.